The lowest BCUT2D eigenvalue weighted by Crippen LogP contribution is -2.41. The van der Waals surface area contributed by atoms with E-state index in [9.17, 15) is 13.2 Å². The number of hydrogen-bond acceptors (Lipinski definition) is 6. The van der Waals surface area contributed by atoms with Gasteiger partial charge >= 0.3 is 0 Å². The second kappa shape index (κ2) is 8.72. The van der Waals surface area contributed by atoms with E-state index in [4.69, 9.17) is 4.52 Å². The molecule has 1 saturated heterocycles. The molecule has 172 valence electrons. The van der Waals surface area contributed by atoms with Gasteiger partial charge in [-0.05, 0) is 74.6 Å². The van der Waals surface area contributed by atoms with E-state index in [1.807, 2.05) is 31.2 Å². The number of sulfonamides is 1. The maximum absolute atomic E-state index is 13.1. The van der Waals surface area contributed by atoms with Crippen molar-refractivity contribution in [2.75, 3.05) is 18.4 Å². The SMILES string of the molecule is Cc1cccc(NC(=O)C2CCN(S(=O)(=O)c3ccc(-c4noc(C5CC5)n4)cc3)CC2)c1. The zero-order valence-electron chi connectivity index (χ0n) is 18.4. The van der Waals surface area contributed by atoms with Crippen molar-refractivity contribution in [1.82, 2.24) is 14.4 Å². The normalized spacial score (nSPS) is 17.7. The van der Waals surface area contributed by atoms with Gasteiger partial charge in [-0.1, -0.05) is 17.3 Å². The predicted octanol–water partition coefficient (Wildman–Crippen LogP) is 3.96. The van der Waals surface area contributed by atoms with Crippen molar-refractivity contribution >= 4 is 21.6 Å². The third-order valence-corrected chi connectivity index (χ3v) is 8.14. The Kier molecular flexibility index (Phi) is 5.76. The lowest BCUT2D eigenvalue weighted by Gasteiger charge is -2.30. The summed E-state index contributed by atoms with van der Waals surface area (Å²) < 4.78 is 33.0. The van der Waals surface area contributed by atoms with E-state index in [1.165, 1.54) is 4.31 Å². The van der Waals surface area contributed by atoms with Crippen LogP contribution in [0.5, 0.6) is 0 Å². The third-order valence-electron chi connectivity index (χ3n) is 6.23. The summed E-state index contributed by atoms with van der Waals surface area (Å²) >= 11 is 0. The third kappa shape index (κ3) is 4.69. The van der Waals surface area contributed by atoms with E-state index in [0.717, 1.165) is 29.7 Å². The molecule has 1 aliphatic heterocycles. The molecule has 0 spiro atoms. The molecule has 0 atom stereocenters. The number of nitrogens with one attached hydrogen (secondary N) is 1. The highest BCUT2D eigenvalue weighted by Crippen LogP contribution is 2.39. The second-order valence-electron chi connectivity index (χ2n) is 8.79. The molecule has 0 radical (unpaired) electrons. The van der Waals surface area contributed by atoms with Gasteiger partial charge in [0.15, 0.2) is 0 Å². The summed E-state index contributed by atoms with van der Waals surface area (Å²) in [5.41, 5.74) is 2.56. The molecule has 3 aromatic rings. The van der Waals surface area contributed by atoms with Gasteiger partial charge in [-0.3, -0.25) is 4.79 Å². The molecular weight excluding hydrogens is 440 g/mol. The van der Waals surface area contributed by atoms with Crippen LogP contribution in [-0.4, -0.2) is 41.9 Å². The summed E-state index contributed by atoms with van der Waals surface area (Å²) in [6, 6.07) is 14.2. The van der Waals surface area contributed by atoms with Crippen LogP contribution in [0.4, 0.5) is 5.69 Å². The zero-order chi connectivity index (χ0) is 23.0. The lowest BCUT2D eigenvalue weighted by molar-refractivity contribution is -0.120. The number of carbonyl (C=O) groups excluding carboxylic acids is 1. The van der Waals surface area contributed by atoms with Crippen molar-refractivity contribution in [2.45, 2.75) is 43.4 Å². The highest BCUT2D eigenvalue weighted by atomic mass is 32.2. The van der Waals surface area contributed by atoms with E-state index < -0.39 is 10.0 Å². The topological polar surface area (TPSA) is 105 Å². The van der Waals surface area contributed by atoms with Crippen LogP contribution in [-0.2, 0) is 14.8 Å². The van der Waals surface area contributed by atoms with Gasteiger partial charge in [0.25, 0.3) is 0 Å². The molecule has 0 bridgehead atoms. The van der Waals surface area contributed by atoms with Crippen LogP contribution in [0.2, 0.25) is 0 Å². The number of aryl methyl sites for hydroxylation is 1. The Morgan fingerprint density at radius 1 is 1.06 bits per heavy atom. The number of nitrogens with zero attached hydrogens (tertiary/aromatic N) is 3. The Morgan fingerprint density at radius 3 is 2.45 bits per heavy atom. The average molecular weight is 467 g/mol. The summed E-state index contributed by atoms with van der Waals surface area (Å²) in [5, 5.41) is 6.95. The second-order valence-corrected chi connectivity index (χ2v) is 10.7. The Hall–Kier alpha value is -3.04. The molecule has 1 amide bonds. The van der Waals surface area contributed by atoms with Crippen LogP contribution < -0.4 is 5.32 Å². The van der Waals surface area contributed by atoms with Gasteiger partial charge in [0, 0.05) is 36.2 Å². The Morgan fingerprint density at radius 2 is 1.79 bits per heavy atom. The Balaban J connectivity index is 1.21. The van der Waals surface area contributed by atoms with Gasteiger partial charge in [0.2, 0.25) is 27.6 Å². The minimum atomic E-state index is -3.64. The molecule has 2 heterocycles. The number of anilines is 1. The van der Waals surface area contributed by atoms with Gasteiger partial charge in [-0.2, -0.15) is 9.29 Å². The Labute approximate surface area is 193 Å². The molecule has 9 heteroatoms. The van der Waals surface area contributed by atoms with Crippen molar-refractivity contribution in [3.63, 3.8) is 0 Å². The quantitative estimate of drug-likeness (QED) is 0.589. The highest BCUT2D eigenvalue weighted by Gasteiger charge is 2.33. The highest BCUT2D eigenvalue weighted by molar-refractivity contribution is 7.89. The Bertz CT molecular complexity index is 1260. The van der Waals surface area contributed by atoms with E-state index >= 15 is 0 Å². The first-order valence-electron chi connectivity index (χ1n) is 11.2. The smallest absolute Gasteiger partial charge is 0.243 e. The van der Waals surface area contributed by atoms with Crippen LogP contribution in [0, 0.1) is 12.8 Å². The van der Waals surface area contributed by atoms with Crippen molar-refractivity contribution in [1.29, 1.82) is 0 Å². The zero-order valence-corrected chi connectivity index (χ0v) is 19.2. The fourth-order valence-corrected chi connectivity index (χ4v) is 5.57. The van der Waals surface area contributed by atoms with Crippen molar-refractivity contribution in [3.05, 3.63) is 60.0 Å². The van der Waals surface area contributed by atoms with E-state index in [2.05, 4.69) is 15.5 Å². The molecule has 8 nitrogen and oxygen atoms in total. The molecule has 2 aromatic carbocycles. The summed E-state index contributed by atoms with van der Waals surface area (Å²) in [4.78, 5) is 17.3. The standard InChI is InChI=1S/C24H26N4O4S/c1-16-3-2-4-20(15-16)25-23(29)18-11-13-28(14-12-18)33(30,31)21-9-7-17(8-10-21)22-26-24(32-27-22)19-5-6-19/h2-4,7-10,15,18-19H,5-6,11-14H2,1H3,(H,25,29). The number of aromatic nitrogens is 2. The van der Waals surface area contributed by atoms with Crippen LogP contribution in [0.15, 0.2) is 57.9 Å². The monoisotopic (exact) mass is 466 g/mol. The molecular formula is C24H26N4O4S. The first-order valence-corrected chi connectivity index (χ1v) is 12.7. The molecule has 2 aliphatic rings. The van der Waals surface area contributed by atoms with Crippen molar-refractivity contribution in [3.8, 4) is 11.4 Å². The fourth-order valence-electron chi connectivity index (χ4n) is 4.10. The minimum absolute atomic E-state index is 0.0623. The van der Waals surface area contributed by atoms with E-state index in [1.54, 1.807) is 24.3 Å². The van der Waals surface area contributed by atoms with Gasteiger partial charge < -0.3 is 9.84 Å². The number of carbonyl (C=O) groups is 1. The summed E-state index contributed by atoms with van der Waals surface area (Å²) in [6.07, 6.45) is 3.12. The number of rotatable bonds is 6. The van der Waals surface area contributed by atoms with Gasteiger partial charge in [-0.25, -0.2) is 8.42 Å². The predicted molar refractivity (Wildman–Crippen MR) is 123 cm³/mol. The molecule has 1 saturated carbocycles. The number of benzene rings is 2. The fraction of sp³-hybridized carbons (Fsp3) is 0.375. The molecule has 2 fully saturated rings. The summed E-state index contributed by atoms with van der Waals surface area (Å²) in [5.74, 6) is 1.22. The number of hydrogen-bond donors (Lipinski definition) is 1. The molecule has 0 unspecified atom stereocenters. The molecule has 1 aromatic heterocycles. The van der Waals surface area contributed by atoms with Gasteiger partial charge in [-0.15, -0.1) is 0 Å². The number of amides is 1. The van der Waals surface area contributed by atoms with Crippen LogP contribution in [0.1, 0.15) is 43.1 Å². The van der Waals surface area contributed by atoms with Crippen molar-refractivity contribution in [2.24, 2.45) is 5.92 Å². The first kappa shape index (κ1) is 21.8. The average Bonchev–Trinajstić information content (AvgIpc) is 3.55. The summed E-state index contributed by atoms with van der Waals surface area (Å²) in [6.45, 7) is 2.59. The van der Waals surface area contributed by atoms with Crippen LogP contribution in [0.3, 0.4) is 0 Å². The van der Waals surface area contributed by atoms with E-state index in [-0.39, 0.29) is 16.7 Å². The maximum Gasteiger partial charge on any atom is 0.243 e. The largest absolute Gasteiger partial charge is 0.339 e. The van der Waals surface area contributed by atoms with Gasteiger partial charge in [0.05, 0.1) is 4.90 Å². The van der Waals surface area contributed by atoms with Crippen LogP contribution in [0.25, 0.3) is 11.4 Å². The first-order chi connectivity index (χ1) is 15.9. The molecule has 5 rings (SSSR count). The van der Waals surface area contributed by atoms with Crippen LogP contribution >= 0.6 is 0 Å². The molecule has 33 heavy (non-hydrogen) atoms. The maximum atomic E-state index is 13.1. The number of piperidine rings is 1. The van der Waals surface area contributed by atoms with Gasteiger partial charge in [0.1, 0.15) is 0 Å². The molecule has 1 N–H and O–H groups in total. The molecule has 1 aliphatic carbocycles. The summed E-state index contributed by atoms with van der Waals surface area (Å²) in [7, 11) is -3.64. The van der Waals surface area contributed by atoms with Crippen molar-refractivity contribution < 1.29 is 17.7 Å². The minimum Gasteiger partial charge on any atom is -0.339 e. The lowest BCUT2D eigenvalue weighted by atomic mass is 9.97. The van der Waals surface area contributed by atoms with E-state index in [0.29, 0.717) is 43.6 Å².